The summed E-state index contributed by atoms with van der Waals surface area (Å²) < 4.78 is 0. The minimum absolute atomic E-state index is 0.597. The van der Waals surface area contributed by atoms with E-state index in [1.165, 1.54) is 24.2 Å². The average Bonchev–Trinajstić information content (AvgIpc) is 2.63. The summed E-state index contributed by atoms with van der Waals surface area (Å²) in [4.78, 5) is 9.61. The Morgan fingerprint density at radius 1 is 1.21 bits per heavy atom. The zero-order chi connectivity index (χ0) is 13.7. The van der Waals surface area contributed by atoms with Crippen molar-refractivity contribution in [2.24, 2.45) is 5.73 Å². The molecule has 0 spiro atoms. The van der Waals surface area contributed by atoms with Gasteiger partial charge in [-0.1, -0.05) is 13.3 Å². The van der Waals surface area contributed by atoms with Crippen LogP contribution >= 0.6 is 0 Å². The SMILES string of the molecule is CCCc1cc(CN)cc(N2CCCN(C)CC2)n1. The van der Waals surface area contributed by atoms with Crippen LogP contribution < -0.4 is 10.6 Å². The number of nitrogens with two attached hydrogens (primary N) is 1. The van der Waals surface area contributed by atoms with E-state index in [4.69, 9.17) is 10.7 Å². The summed E-state index contributed by atoms with van der Waals surface area (Å²) in [5.41, 5.74) is 8.19. The largest absolute Gasteiger partial charge is 0.355 e. The number of hydrogen-bond acceptors (Lipinski definition) is 4. The third-order valence-corrected chi connectivity index (χ3v) is 3.71. The Balaban J connectivity index is 2.19. The molecule has 4 heteroatoms. The lowest BCUT2D eigenvalue weighted by Gasteiger charge is -2.23. The van der Waals surface area contributed by atoms with E-state index in [9.17, 15) is 0 Å². The van der Waals surface area contributed by atoms with Crippen molar-refractivity contribution in [2.45, 2.75) is 32.7 Å². The third-order valence-electron chi connectivity index (χ3n) is 3.71. The van der Waals surface area contributed by atoms with Crippen LogP contribution in [0.25, 0.3) is 0 Å². The fourth-order valence-corrected chi connectivity index (χ4v) is 2.57. The number of anilines is 1. The van der Waals surface area contributed by atoms with Gasteiger partial charge in [0.1, 0.15) is 5.82 Å². The molecule has 0 saturated carbocycles. The molecule has 1 aliphatic rings. The topological polar surface area (TPSA) is 45.4 Å². The number of aryl methyl sites for hydroxylation is 1. The molecule has 0 bridgehead atoms. The van der Waals surface area contributed by atoms with E-state index in [0.717, 1.165) is 38.3 Å². The van der Waals surface area contributed by atoms with Gasteiger partial charge in [-0.25, -0.2) is 4.98 Å². The van der Waals surface area contributed by atoms with Crippen molar-refractivity contribution >= 4 is 5.82 Å². The first kappa shape index (κ1) is 14.3. The number of likely N-dealkylation sites (N-methyl/N-ethyl adjacent to an activating group) is 1. The van der Waals surface area contributed by atoms with E-state index in [1.54, 1.807) is 0 Å². The lowest BCUT2D eigenvalue weighted by Crippen LogP contribution is -2.29. The summed E-state index contributed by atoms with van der Waals surface area (Å²) >= 11 is 0. The van der Waals surface area contributed by atoms with Gasteiger partial charge in [0.15, 0.2) is 0 Å². The lowest BCUT2D eigenvalue weighted by atomic mass is 10.1. The molecule has 1 aromatic heterocycles. The fourth-order valence-electron chi connectivity index (χ4n) is 2.57. The minimum Gasteiger partial charge on any atom is -0.355 e. The van der Waals surface area contributed by atoms with Crippen molar-refractivity contribution in [1.82, 2.24) is 9.88 Å². The van der Waals surface area contributed by atoms with Crippen LogP contribution in [0.3, 0.4) is 0 Å². The molecule has 1 fully saturated rings. The standard InChI is InChI=1S/C15H26N4/c1-3-5-14-10-13(12-16)11-15(17-14)19-7-4-6-18(2)8-9-19/h10-11H,3-9,12,16H2,1-2H3. The summed E-state index contributed by atoms with van der Waals surface area (Å²) in [6.07, 6.45) is 3.37. The van der Waals surface area contributed by atoms with Gasteiger partial charge in [0.25, 0.3) is 0 Å². The normalized spacial score (nSPS) is 17.5. The molecular weight excluding hydrogens is 236 g/mol. The second-order valence-electron chi connectivity index (χ2n) is 5.42. The molecule has 4 nitrogen and oxygen atoms in total. The molecule has 0 aliphatic carbocycles. The van der Waals surface area contributed by atoms with Gasteiger partial charge in [0.2, 0.25) is 0 Å². The Bertz CT molecular complexity index is 405. The van der Waals surface area contributed by atoms with Crippen LogP contribution in [0.1, 0.15) is 31.0 Å². The summed E-state index contributed by atoms with van der Waals surface area (Å²) in [5.74, 6) is 1.11. The van der Waals surface area contributed by atoms with Crippen LogP contribution in [-0.4, -0.2) is 43.1 Å². The van der Waals surface area contributed by atoms with E-state index in [2.05, 4.69) is 35.9 Å². The molecule has 0 unspecified atom stereocenters. The number of hydrogen-bond donors (Lipinski definition) is 1. The molecule has 0 aromatic carbocycles. The number of rotatable bonds is 4. The number of pyridine rings is 1. The molecule has 2 rings (SSSR count). The maximum atomic E-state index is 5.81. The summed E-state index contributed by atoms with van der Waals surface area (Å²) in [6.45, 7) is 7.23. The summed E-state index contributed by atoms with van der Waals surface area (Å²) in [7, 11) is 2.19. The van der Waals surface area contributed by atoms with Crippen LogP contribution in [0, 0.1) is 0 Å². The highest BCUT2D eigenvalue weighted by atomic mass is 15.2. The maximum Gasteiger partial charge on any atom is 0.129 e. The highest BCUT2D eigenvalue weighted by Crippen LogP contribution is 2.18. The maximum absolute atomic E-state index is 5.81. The van der Waals surface area contributed by atoms with Crippen LogP contribution in [-0.2, 0) is 13.0 Å². The second kappa shape index (κ2) is 6.87. The van der Waals surface area contributed by atoms with Crippen molar-refractivity contribution in [3.63, 3.8) is 0 Å². The first-order chi connectivity index (χ1) is 9.22. The molecule has 0 amide bonds. The molecule has 2 heterocycles. The molecule has 0 atom stereocenters. The molecule has 1 aromatic rings. The zero-order valence-corrected chi connectivity index (χ0v) is 12.2. The first-order valence-corrected chi connectivity index (χ1v) is 7.36. The molecule has 1 aliphatic heterocycles. The average molecular weight is 262 g/mol. The first-order valence-electron chi connectivity index (χ1n) is 7.36. The van der Waals surface area contributed by atoms with E-state index in [1.807, 2.05) is 0 Å². The monoisotopic (exact) mass is 262 g/mol. The summed E-state index contributed by atoms with van der Waals surface area (Å²) in [6, 6.07) is 4.31. The van der Waals surface area contributed by atoms with Crippen molar-refractivity contribution in [2.75, 3.05) is 38.1 Å². The van der Waals surface area contributed by atoms with Gasteiger partial charge in [-0.05, 0) is 44.1 Å². The van der Waals surface area contributed by atoms with Crippen LogP contribution in [0.2, 0.25) is 0 Å². The molecule has 19 heavy (non-hydrogen) atoms. The fraction of sp³-hybridized carbons (Fsp3) is 0.667. The van der Waals surface area contributed by atoms with Crippen LogP contribution in [0.5, 0.6) is 0 Å². The number of aromatic nitrogens is 1. The van der Waals surface area contributed by atoms with Gasteiger partial charge in [0.05, 0.1) is 0 Å². The molecule has 0 radical (unpaired) electrons. The zero-order valence-electron chi connectivity index (χ0n) is 12.2. The van der Waals surface area contributed by atoms with E-state index >= 15 is 0 Å². The Kier molecular flexibility index (Phi) is 5.16. The van der Waals surface area contributed by atoms with Crippen LogP contribution in [0.4, 0.5) is 5.82 Å². The van der Waals surface area contributed by atoms with Crippen molar-refractivity contribution in [3.05, 3.63) is 23.4 Å². The van der Waals surface area contributed by atoms with Gasteiger partial charge in [-0.15, -0.1) is 0 Å². The van der Waals surface area contributed by atoms with Crippen molar-refractivity contribution in [3.8, 4) is 0 Å². The van der Waals surface area contributed by atoms with Crippen molar-refractivity contribution < 1.29 is 0 Å². The quantitative estimate of drug-likeness (QED) is 0.896. The van der Waals surface area contributed by atoms with Gasteiger partial charge in [-0.2, -0.15) is 0 Å². The second-order valence-corrected chi connectivity index (χ2v) is 5.42. The Labute approximate surface area is 116 Å². The lowest BCUT2D eigenvalue weighted by molar-refractivity contribution is 0.360. The molecule has 106 valence electrons. The highest BCUT2D eigenvalue weighted by molar-refractivity contribution is 5.43. The van der Waals surface area contributed by atoms with Gasteiger partial charge >= 0.3 is 0 Å². The highest BCUT2D eigenvalue weighted by Gasteiger charge is 2.14. The molecular formula is C15H26N4. The van der Waals surface area contributed by atoms with Crippen molar-refractivity contribution in [1.29, 1.82) is 0 Å². The van der Waals surface area contributed by atoms with Gasteiger partial charge in [-0.3, -0.25) is 0 Å². The predicted octanol–water partition coefficient (Wildman–Crippen LogP) is 1.63. The predicted molar refractivity (Wildman–Crippen MR) is 80.5 cm³/mol. The Hall–Kier alpha value is -1.13. The van der Waals surface area contributed by atoms with E-state index in [0.29, 0.717) is 6.54 Å². The van der Waals surface area contributed by atoms with E-state index < -0.39 is 0 Å². The Morgan fingerprint density at radius 2 is 2.05 bits per heavy atom. The minimum atomic E-state index is 0.597. The van der Waals surface area contributed by atoms with Crippen LogP contribution in [0.15, 0.2) is 12.1 Å². The third kappa shape index (κ3) is 3.91. The van der Waals surface area contributed by atoms with Gasteiger partial charge in [0, 0.05) is 31.9 Å². The number of nitrogens with zero attached hydrogens (tertiary/aromatic N) is 3. The molecule has 1 saturated heterocycles. The Morgan fingerprint density at radius 3 is 2.79 bits per heavy atom. The van der Waals surface area contributed by atoms with E-state index in [-0.39, 0.29) is 0 Å². The smallest absolute Gasteiger partial charge is 0.129 e. The van der Waals surface area contributed by atoms with Gasteiger partial charge < -0.3 is 15.5 Å². The molecule has 2 N–H and O–H groups in total. The summed E-state index contributed by atoms with van der Waals surface area (Å²) in [5, 5.41) is 0.